The lowest BCUT2D eigenvalue weighted by molar-refractivity contribution is 0.218. The van der Waals surface area contributed by atoms with E-state index in [4.69, 9.17) is 0 Å². The van der Waals surface area contributed by atoms with Crippen LogP contribution in [0, 0.1) is 11.6 Å². The molecule has 0 spiro atoms. The van der Waals surface area contributed by atoms with Crippen molar-refractivity contribution in [1.82, 2.24) is 25.1 Å². The molecule has 2 aromatic carbocycles. The summed E-state index contributed by atoms with van der Waals surface area (Å²) in [7, 11) is 0. The Hall–Kier alpha value is -2.67. The number of hydrogen-bond donors (Lipinski definition) is 0. The Bertz CT molecular complexity index is 901. The molecule has 0 bridgehead atoms. The fourth-order valence-electron chi connectivity index (χ4n) is 3.83. The van der Waals surface area contributed by atoms with E-state index in [0.717, 1.165) is 31.5 Å². The molecule has 0 saturated carbocycles. The predicted octanol–water partition coefficient (Wildman–Crippen LogP) is 3.97. The van der Waals surface area contributed by atoms with Crippen LogP contribution in [0.3, 0.4) is 0 Å². The number of tetrazole rings is 1. The maximum absolute atomic E-state index is 14.7. The van der Waals surface area contributed by atoms with Gasteiger partial charge in [0.2, 0.25) is 0 Å². The molecule has 5 nitrogen and oxygen atoms in total. The Balaban J connectivity index is 1.72. The van der Waals surface area contributed by atoms with Gasteiger partial charge in [0.1, 0.15) is 17.7 Å². The predicted molar refractivity (Wildman–Crippen MR) is 102 cm³/mol. The Kier molecular flexibility index (Phi) is 5.71. The van der Waals surface area contributed by atoms with Gasteiger partial charge in [0.25, 0.3) is 0 Å². The Morgan fingerprint density at radius 1 is 0.893 bits per heavy atom. The maximum atomic E-state index is 14.7. The van der Waals surface area contributed by atoms with E-state index in [-0.39, 0.29) is 17.7 Å². The van der Waals surface area contributed by atoms with Crippen molar-refractivity contribution in [3.63, 3.8) is 0 Å². The van der Waals surface area contributed by atoms with Gasteiger partial charge in [0.15, 0.2) is 5.82 Å². The molecule has 0 radical (unpaired) electrons. The summed E-state index contributed by atoms with van der Waals surface area (Å²) < 4.78 is 29.7. The van der Waals surface area contributed by atoms with Crippen molar-refractivity contribution in [3.8, 4) is 0 Å². The molecular formula is C21H23F2N5. The molecular weight excluding hydrogens is 360 g/mol. The van der Waals surface area contributed by atoms with Gasteiger partial charge in [0, 0.05) is 5.56 Å². The molecule has 1 aliphatic rings. The van der Waals surface area contributed by atoms with Crippen molar-refractivity contribution in [3.05, 3.63) is 77.1 Å². The molecule has 2 heterocycles. The minimum absolute atomic E-state index is 0.256. The molecule has 1 aliphatic heterocycles. The van der Waals surface area contributed by atoms with Crippen LogP contribution in [0.25, 0.3) is 0 Å². The van der Waals surface area contributed by atoms with Gasteiger partial charge in [-0.2, -0.15) is 0 Å². The smallest absolute Gasteiger partial charge is 0.173 e. The van der Waals surface area contributed by atoms with E-state index >= 15 is 0 Å². The second-order valence-electron chi connectivity index (χ2n) is 7.20. The summed E-state index contributed by atoms with van der Waals surface area (Å²) in [5, 5.41) is 12.3. The second-order valence-corrected chi connectivity index (χ2v) is 7.20. The Morgan fingerprint density at radius 3 is 2.32 bits per heavy atom. The zero-order valence-electron chi connectivity index (χ0n) is 15.6. The summed E-state index contributed by atoms with van der Waals surface area (Å²) in [5.41, 5.74) is 1.47. The van der Waals surface area contributed by atoms with Crippen molar-refractivity contribution in [1.29, 1.82) is 0 Å². The fraction of sp³-hybridized carbons (Fsp3) is 0.381. The average Bonchev–Trinajstić information content (AvgIpc) is 2.97. The van der Waals surface area contributed by atoms with Crippen molar-refractivity contribution < 1.29 is 8.78 Å². The van der Waals surface area contributed by atoms with Gasteiger partial charge < -0.3 is 0 Å². The van der Waals surface area contributed by atoms with Crippen LogP contribution in [0.4, 0.5) is 8.78 Å². The zero-order valence-corrected chi connectivity index (χ0v) is 15.6. The molecule has 0 aliphatic carbocycles. The zero-order chi connectivity index (χ0) is 19.3. The SMILES string of the molecule is Fc1ccc(Cn2nnnc2C(c2ccccc2F)N2CCCCCC2)cc1. The van der Waals surface area contributed by atoms with E-state index < -0.39 is 0 Å². The van der Waals surface area contributed by atoms with Crippen LogP contribution in [-0.2, 0) is 6.54 Å². The highest BCUT2D eigenvalue weighted by molar-refractivity contribution is 5.27. The van der Waals surface area contributed by atoms with Crippen LogP contribution in [0.5, 0.6) is 0 Å². The summed E-state index contributed by atoms with van der Waals surface area (Å²) in [5.74, 6) is 0.0684. The van der Waals surface area contributed by atoms with E-state index in [1.54, 1.807) is 22.9 Å². The summed E-state index contributed by atoms with van der Waals surface area (Å²) in [4.78, 5) is 2.28. The van der Waals surface area contributed by atoms with Crippen LogP contribution in [0.15, 0.2) is 48.5 Å². The first-order chi connectivity index (χ1) is 13.7. The van der Waals surface area contributed by atoms with Crippen molar-refractivity contribution in [2.75, 3.05) is 13.1 Å². The lowest BCUT2D eigenvalue weighted by Gasteiger charge is -2.30. The van der Waals surface area contributed by atoms with Gasteiger partial charge in [-0.1, -0.05) is 43.2 Å². The van der Waals surface area contributed by atoms with Crippen LogP contribution < -0.4 is 0 Å². The van der Waals surface area contributed by atoms with Gasteiger partial charge in [0.05, 0.1) is 6.54 Å². The second kappa shape index (κ2) is 8.56. The van der Waals surface area contributed by atoms with Crippen LogP contribution >= 0.6 is 0 Å². The molecule has 3 aromatic rings. The molecule has 28 heavy (non-hydrogen) atoms. The first-order valence-corrected chi connectivity index (χ1v) is 9.71. The lowest BCUT2D eigenvalue weighted by Crippen LogP contribution is -2.33. The first-order valence-electron chi connectivity index (χ1n) is 9.71. The van der Waals surface area contributed by atoms with Crippen molar-refractivity contribution in [2.45, 2.75) is 38.3 Å². The van der Waals surface area contributed by atoms with Crippen LogP contribution in [0.2, 0.25) is 0 Å². The van der Waals surface area contributed by atoms with Crippen LogP contribution in [-0.4, -0.2) is 38.2 Å². The van der Waals surface area contributed by atoms with E-state index in [1.807, 2.05) is 12.1 Å². The molecule has 1 aromatic heterocycles. The molecule has 0 N–H and O–H groups in total. The minimum Gasteiger partial charge on any atom is -0.290 e. The van der Waals surface area contributed by atoms with E-state index in [9.17, 15) is 8.78 Å². The van der Waals surface area contributed by atoms with Gasteiger partial charge >= 0.3 is 0 Å². The highest BCUT2D eigenvalue weighted by atomic mass is 19.1. The average molecular weight is 383 g/mol. The number of hydrogen-bond acceptors (Lipinski definition) is 4. The number of likely N-dealkylation sites (tertiary alicyclic amines) is 1. The Labute approximate surface area is 163 Å². The monoisotopic (exact) mass is 383 g/mol. The normalized spacial score (nSPS) is 16.6. The van der Waals surface area contributed by atoms with Gasteiger partial charge in [-0.05, 0) is 60.1 Å². The summed E-state index contributed by atoms with van der Waals surface area (Å²) in [6.45, 7) is 2.16. The third-order valence-electron chi connectivity index (χ3n) is 5.26. The number of benzene rings is 2. The largest absolute Gasteiger partial charge is 0.290 e. The molecule has 146 valence electrons. The summed E-state index contributed by atoms with van der Waals surface area (Å²) >= 11 is 0. The molecule has 7 heteroatoms. The maximum Gasteiger partial charge on any atom is 0.173 e. The Morgan fingerprint density at radius 2 is 1.61 bits per heavy atom. The third-order valence-corrected chi connectivity index (χ3v) is 5.26. The highest BCUT2D eigenvalue weighted by Crippen LogP contribution is 2.31. The first kappa shape index (κ1) is 18.7. The molecule has 1 unspecified atom stereocenters. The standard InChI is InChI=1S/C21H23F2N5/c22-17-11-9-16(10-12-17)15-28-21(24-25-26-28)20(18-7-3-4-8-19(18)23)27-13-5-1-2-6-14-27/h3-4,7-12,20H,1-2,5-6,13-15H2. The van der Waals surface area contributed by atoms with Gasteiger partial charge in [-0.3, -0.25) is 4.90 Å². The molecule has 1 saturated heterocycles. The summed E-state index contributed by atoms with van der Waals surface area (Å²) in [6.07, 6.45) is 4.51. The minimum atomic E-state index is -0.352. The summed E-state index contributed by atoms with van der Waals surface area (Å²) in [6, 6.07) is 12.7. The molecule has 4 rings (SSSR count). The highest BCUT2D eigenvalue weighted by Gasteiger charge is 2.30. The van der Waals surface area contributed by atoms with Crippen LogP contribution in [0.1, 0.15) is 48.7 Å². The number of halogens is 2. The van der Waals surface area contributed by atoms with E-state index in [0.29, 0.717) is 17.9 Å². The molecule has 1 fully saturated rings. The van der Waals surface area contributed by atoms with Crippen molar-refractivity contribution in [2.24, 2.45) is 0 Å². The van der Waals surface area contributed by atoms with Crippen molar-refractivity contribution >= 4 is 0 Å². The van der Waals surface area contributed by atoms with Gasteiger partial charge in [-0.25, -0.2) is 13.5 Å². The quantitative estimate of drug-likeness (QED) is 0.669. The topological polar surface area (TPSA) is 46.8 Å². The molecule has 1 atom stereocenters. The van der Waals surface area contributed by atoms with E-state index in [1.165, 1.54) is 31.0 Å². The fourth-order valence-corrected chi connectivity index (χ4v) is 3.83. The van der Waals surface area contributed by atoms with Gasteiger partial charge in [-0.15, -0.1) is 5.10 Å². The molecule has 0 amide bonds. The van der Waals surface area contributed by atoms with E-state index in [2.05, 4.69) is 20.4 Å². The number of nitrogens with zero attached hydrogens (tertiary/aromatic N) is 5. The number of aromatic nitrogens is 4. The number of rotatable bonds is 5. The lowest BCUT2D eigenvalue weighted by atomic mass is 10.0. The third kappa shape index (κ3) is 4.09.